The van der Waals surface area contributed by atoms with E-state index in [0.717, 1.165) is 6.42 Å². The summed E-state index contributed by atoms with van der Waals surface area (Å²) in [5.41, 5.74) is 0.468. The maximum absolute atomic E-state index is 11.8. The largest absolute Gasteiger partial charge is 0.396 e. The lowest BCUT2D eigenvalue weighted by atomic mass is 10.1. The molecule has 1 aromatic rings. The molecule has 0 bridgehead atoms. The maximum atomic E-state index is 11.8. The normalized spacial score (nSPS) is 12.2. The van der Waals surface area contributed by atoms with Gasteiger partial charge in [-0.15, -0.1) is 0 Å². The van der Waals surface area contributed by atoms with Crippen LogP contribution in [-0.4, -0.2) is 28.2 Å². The molecule has 2 N–H and O–H groups in total. The van der Waals surface area contributed by atoms with Crippen LogP contribution in [-0.2, 0) is 11.3 Å². The van der Waals surface area contributed by atoms with Gasteiger partial charge in [0.2, 0.25) is 5.91 Å². The summed E-state index contributed by atoms with van der Waals surface area (Å²) in [6.45, 7) is 3.72. The van der Waals surface area contributed by atoms with Crippen LogP contribution in [0.15, 0.2) is 23.1 Å². The molecule has 0 saturated heterocycles. The highest BCUT2D eigenvalue weighted by Crippen LogP contribution is 1.97. The van der Waals surface area contributed by atoms with Crippen molar-refractivity contribution in [2.45, 2.75) is 39.3 Å². The molecule has 5 heteroatoms. The van der Waals surface area contributed by atoms with Crippen molar-refractivity contribution in [3.05, 3.63) is 34.2 Å². The topological polar surface area (TPSA) is 71.3 Å². The Balaban J connectivity index is 2.64. The van der Waals surface area contributed by atoms with Gasteiger partial charge in [0.05, 0.1) is 0 Å². The van der Waals surface area contributed by atoms with Crippen LogP contribution in [0, 0.1) is 6.92 Å². The Hall–Kier alpha value is -1.62. The fourth-order valence-electron chi connectivity index (χ4n) is 1.74. The molecule has 0 aliphatic heterocycles. The standard InChI is InChI=1S/C13H20N2O3/c1-3-11(6-8-16)14-12(17)9-15-7-4-5-10(2)13(15)18/h4-5,7,11,16H,3,6,8-9H2,1-2H3,(H,14,17). The summed E-state index contributed by atoms with van der Waals surface area (Å²) in [5, 5.41) is 11.6. The van der Waals surface area contributed by atoms with E-state index in [1.807, 2.05) is 6.92 Å². The first-order valence-electron chi connectivity index (χ1n) is 6.14. The molecule has 18 heavy (non-hydrogen) atoms. The molecule has 0 aliphatic carbocycles. The highest BCUT2D eigenvalue weighted by atomic mass is 16.3. The van der Waals surface area contributed by atoms with Gasteiger partial charge in [-0.25, -0.2) is 0 Å². The third-order valence-corrected chi connectivity index (χ3v) is 2.86. The summed E-state index contributed by atoms with van der Waals surface area (Å²) < 4.78 is 1.39. The average Bonchev–Trinajstić information content (AvgIpc) is 2.34. The Bertz CT molecular complexity index is 454. The molecule has 1 heterocycles. The summed E-state index contributed by atoms with van der Waals surface area (Å²) >= 11 is 0. The Kier molecular flexibility index (Phi) is 5.58. The van der Waals surface area contributed by atoms with E-state index in [2.05, 4.69) is 5.32 Å². The Morgan fingerprint density at radius 3 is 2.89 bits per heavy atom. The fraction of sp³-hybridized carbons (Fsp3) is 0.538. The molecule has 1 rings (SSSR count). The number of amides is 1. The molecule has 0 spiro atoms. The highest BCUT2D eigenvalue weighted by molar-refractivity contribution is 5.76. The van der Waals surface area contributed by atoms with Gasteiger partial charge < -0.3 is 15.0 Å². The van der Waals surface area contributed by atoms with Crippen LogP contribution in [0.3, 0.4) is 0 Å². The van der Waals surface area contributed by atoms with Gasteiger partial charge in [-0.3, -0.25) is 9.59 Å². The molecule has 0 radical (unpaired) electrons. The van der Waals surface area contributed by atoms with Crippen LogP contribution >= 0.6 is 0 Å². The SMILES string of the molecule is CCC(CCO)NC(=O)Cn1cccc(C)c1=O. The van der Waals surface area contributed by atoms with E-state index in [1.54, 1.807) is 25.3 Å². The van der Waals surface area contributed by atoms with E-state index in [0.29, 0.717) is 12.0 Å². The lowest BCUT2D eigenvalue weighted by Gasteiger charge is -2.16. The first-order chi connectivity index (χ1) is 8.58. The van der Waals surface area contributed by atoms with Gasteiger partial charge in [0.1, 0.15) is 6.54 Å². The third-order valence-electron chi connectivity index (χ3n) is 2.86. The summed E-state index contributed by atoms with van der Waals surface area (Å²) in [6.07, 6.45) is 2.89. The van der Waals surface area contributed by atoms with Crippen LogP contribution in [0.4, 0.5) is 0 Å². The second-order valence-corrected chi connectivity index (χ2v) is 4.31. The summed E-state index contributed by atoms with van der Waals surface area (Å²) in [5.74, 6) is -0.206. The Labute approximate surface area is 106 Å². The van der Waals surface area contributed by atoms with Crippen molar-refractivity contribution < 1.29 is 9.90 Å². The van der Waals surface area contributed by atoms with Gasteiger partial charge in [-0.05, 0) is 25.8 Å². The fourth-order valence-corrected chi connectivity index (χ4v) is 1.74. The molecule has 0 fully saturated rings. The van der Waals surface area contributed by atoms with Gasteiger partial charge in [0.15, 0.2) is 0 Å². The van der Waals surface area contributed by atoms with Gasteiger partial charge in [0, 0.05) is 24.4 Å². The predicted molar refractivity (Wildman–Crippen MR) is 69.4 cm³/mol. The molecule has 1 amide bonds. The molecule has 0 aromatic carbocycles. The highest BCUT2D eigenvalue weighted by Gasteiger charge is 2.11. The lowest BCUT2D eigenvalue weighted by molar-refractivity contribution is -0.122. The number of aliphatic hydroxyl groups is 1. The quantitative estimate of drug-likeness (QED) is 0.771. The number of hydrogen-bond acceptors (Lipinski definition) is 3. The number of pyridine rings is 1. The van der Waals surface area contributed by atoms with Crippen molar-refractivity contribution in [1.82, 2.24) is 9.88 Å². The molecule has 0 aliphatic rings. The first-order valence-corrected chi connectivity index (χ1v) is 6.14. The van der Waals surface area contributed by atoms with Gasteiger partial charge >= 0.3 is 0 Å². The smallest absolute Gasteiger partial charge is 0.253 e. The summed E-state index contributed by atoms with van der Waals surface area (Å²) in [4.78, 5) is 23.5. The van der Waals surface area contributed by atoms with Gasteiger partial charge in [-0.1, -0.05) is 13.0 Å². The minimum absolute atomic E-state index is 0.0163. The predicted octanol–water partition coefficient (Wildman–Crippen LogP) is 0.434. The van der Waals surface area contributed by atoms with E-state index in [1.165, 1.54) is 4.57 Å². The molecular weight excluding hydrogens is 232 g/mol. The van der Waals surface area contributed by atoms with Crippen LogP contribution in [0.5, 0.6) is 0 Å². The van der Waals surface area contributed by atoms with Crippen molar-refractivity contribution in [1.29, 1.82) is 0 Å². The average molecular weight is 252 g/mol. The number of aliphatic hydroxyl groups excluding tert-OH is 1. The number of hydrogen-bond donors (Lipinski definition) is 2. The van der Waals surface area contributed by atoms with E-state index >= 15 is 0 Å². The van der Waals surface area contributed by atoms with Crippen molar-refractivity contribution in [3.63, 3.8) is 0 Å². The molecule has 100 valence electrons. The zero-order chi connectivity index (χ0) is 13.5. The van der Waals surface area contributed by atoms with E-state index < -0.39 is 0 Å². The molecule has 1 unspecified atom stereocenters. The number of rotatable bonds is 6. The molecular formula is C13H20N2O3. The lowest BCUT2D eigenvalue weighted by Crippen LogP contribution is -2.39. The van der Waals surface area contributed by atoms with Crippen molar-refractivity contribution in [2.75, 3.05) is 6.61 Å². The number of carbonyl (C=O) groups excluding carboxylic acids is 1. The van der Waals surface area contributed by atoms with Crippen molar-refractivity contribution in [2.24, 2.45) is 0 Å². The van der Waals surface area contributed by atoms with Gasteiger partial charge in [-0.2, -0.15) is 0 Å². The number of nitrogens with one attached hydrogen (secondary N) is 1. The van der Waals surface area contributed by atoms with Crippen LogP contribution in [0.25, 0.3) is 0 Å². The molecule has 1 aromatic heterocycles. The number of nitrogens with zero attached hydrogens (tertiary/aromatic N) is 1. The zero-order valence-corrected chi connectivity index (χ0v) is 10.8. The number of aryl methyl sites for hydroxylation is 1. The molecule has 5 nitrogen and oxygen atoms in total. The van der Waals surface area contributed by atoms with E-state index in [-0.39, 0.29) is 30.7 Å². The maximum Gasteiger partial charge on any atom is 0.253 e. The van der Waals surface area contributed by atoms with Crippen LogP contribution in [0.1, 0.15) is 25.3 Å². The van der Waals surface area contributed by atoms with E-state index in [4.69, 9.17) is 5.11 Å². The number of aromatic nitrogens is 1. The van der Waals surface area contributed by atoms with Crippen LogP contribution < -0.4 is 10.9 Å². The van der Waals surface area contributed by atoms with Crippen LogP contribution in [0.2, 0.25) is 0 Å². The Morgan fingerprint density at radius 2 is 2.28 bits per heavy atom. The second-order valence-electron chi connectivity index (χ2n) is 4.31. The minimum atomic E-state index is -0.206. The monoisotopic (exact) mass is 252 g/mol. The molecule has 0 saturated carbocycles. The first kappa shape index (κ1) is 14.4. The zero-order valence-electron chi connectivity index (χ0n) is 10.8. The van der Waals surface area contributed by atoms with Crippen molar-refractivity contribution in [3.8, 4) is 0 Å². The number of carbonyl (C=O) groups is 1. The third kappa shape index (κ3) is 4.00. The summed E-state index contributed by atoms with van der Waals surface area (Å²) in [6, 6.07) is 3.43. The Morgan fingerprint density at radius 1 is 1.56 bits per heavy atom. The van der Waals surface area contributed by atoms with E-state index in [9.17, 15) is 9.59 Å². The second kappa shape index (κ2) is 6.96. The van der Waals surface area contributed by atoms with Gasteiger partial charge in [0.25, 0.3) is 5.56 Å². The van der Waals surface area contributed by atoms with Crippen molar-refractivity contribution >= 4 is 5.91 Å². The molecule has 1 atom stereocenters. The summed E-state index contributed by atoms with van der Waals surface area (Å²) in [7, 11) is 0. The minimum Gasteiger partial charge on any atom is -0.396 e.